The zero-order valence-electron chi connectivity index (χ0n) is 11.7. The molecule has 0 aliphatic heterocycles. The summed E-state index contributed by atoms with van der Waals surface area (Å²) in [6.45, 7) is 8.06. The molecule has 0 aromatic carbocycles. The fourth-order valence-corrected chi connectivity index (χ4v) is 1.11. The lowest BCUT2D eigenvalue weighted by Gasteiger charge is -2.19. The minimum absolute atomic E-state index is 0.0721. The average molecular weight is 296 g/mol. The number of ether oxygens (including phenoxy) is 3. The van der Waals surface area contributed by atoms with Crippen LogP contribution in [-0.4, -0.2) is 30.6 Å². The number of hydrogen-bond donors (Lipinski definition) is 0. The Labute approximate surface area is 116 Å². The molecule has 0 saturated carbocycles. The number of hydrogen-bond acceptors (Lipinski definition) is 4. The van der Waals surface area contributed by atoms with E-state index in [0.717, 1.165) is 12.3 Å². The third-order valence-corrected chi connectivity index (χ3v) is 1.73. The molecule has 0 aromatic rings. The third kappa shape index (κ3) is 11.6. The van der Waals surface area contributed by atoms with Gasteiger partial charge in [-0.05, 0) is 33.3 Å². The maximum atomic E-state index is 11.9. The van der Waals surface area contributed by atoms with E-state index in [9.17, 15) is 18.0 Å². The summed E-state index contributed by atoms with van der Waals surface area (Å²) in [6.07, 6.45) is -2.52. The minimum atomic E-state index is -4.72. The van der Waals surface area contributed by atoms with Gasteiger partial charge in [0, 0.05) is 0 Å². The van der Waals surface area contributed by atoms with E-state index in [1.807, 2.05) is 0 Å². The predicted octanol–water partition coefficient (Wildman–Crippen LogP) is 3.34. The summed E-state index contributed by atoms with van der Waals surface area (Å²) in [7, 11) is 0. The van der Waals surface area contributed by atoms with E-state index in [0.29, 0.717) is 0 Å². The molecule has 0 saturated heterocycles. The second-order valence-corrected chi connectivity index (χ2v) is 4.84. The fraction of sp³-hybridized carbons (Fsp3) is 0.615. The SMILES string of the molecule is C=CC(C/C=C/OCC(=O)OC(C)(C)C)OC(F)(F)F. The van der Waals surface area contributed by atoms with Crippen LogP contribution in [0, 0.1) is 0 Å². The van der Waals surface area contributed by atoms with Crippen molar-refractivity contribution >= 4 is 5.97 Å². The number of halogens is 3. The first kappa shape index (κ1) is 18.5. The van der Waals surface area contributed by atoms with Gasteiger partial charge in [-0.2, -0.15) is 0 Å². The highest BCUT2D eigenvalue weighted by Gasteiger charge is 2.32. The van der Waals surface area contributed by atoms with Crippen molar-refractivity contribution in [3.63, 3.8) is 0 Å². The van der Waals surface area contributed by atoms with Gasteiger partial charge in [0.25, 0.3) is 0 Å². The normalized spacial score (nSPS) is 14.1. The monoisotopic (exact) mass is 296 g/mol. The molecule has 0 heterocycles. The second kappa shape index (κ2) is 7.94. The third-order valence-electron chi connectivity index (χ3n) is 1.73. The molecule has 116 valence electrons. The molecule has 0 fully saturated rings. The Morgan fingerprint density at radius 1 is 1.30 bits per heavy atom. The summed E-state index contributed by atoms with van der Waals surface area (Å²) in [5.74, 6) is -0.561. The first-order valence-electron chi connectivity index (χ1n) is 5.89. The van der Waals surface area contributed by atoms with Crippen molar-refractivity contribution in [2.75, 3.05) is 6.61 Å². The average Bonchev–Trinajstić information content (AvgIpc) is 2.22. The maximum Gasteiger partial charge on any atom is 0.523 e. The highest BCUT2D eigenvalue weighted by Crippen LogP contribution is 2.20. The van der Waals surface area contributed by atoms with Gasteiger partial charge in [-0.25, -0.2) is 4.79 Å². The van der Waals surface area contributed by atoms with Gasteiger partial charge in [0.05, 0.1) is 12.4 Å². The van der Waals surface area contributed by atoms with Gasteiger partial charge >= 0.3 is 12.3 Å². The maximum absolute atomic E-state index is 11.9. The molecule has 7 heteroatoms. The van der Waals surface area contributed by atoms with E-state index in [4.69, 9.17) is 9.47 Å². The summed E-state index contributed by atoms with van der Waals surface area (Å²) in [4.78, 5) is 11.2. The van der Waals surface area contributed by atoms with Gasteiger partial charge < -0.3 is 9.47 Å². The molecule has 0 amide bonds. The van der Waals surface area contributed by atoms with Crippen molar-refractivity contribution in [1.82, 2.24) is 0 Å². The summed E-state index contributed by atoms with van der Waals surface area (Å²) < 4.78 is 49.4. The molecular weight excluding hydrogens is 277 g/mol. The summed E-state index contributed by atoms with van der Waals surface area (Å²) in [5, 5.41) is 0. The smallest absolute Gasteiger partial charge is 0.490 e. The van der Waals surface area contributed by atoms with Crippen LogP contribution in [0.1, 0.15) is 27.2 Å². The Hall–Kier alpha value is -1.50. The van der Waals surface area contributed by atoms with E-state index in [1.54, 1.807) is 20.8 Å². The lowest BCUT2D eigenvalue weighted by atomic mass is 10.2. The van der Waals surface area contributed by atoms with Crippen LogP contribution in [0.4, 0.5) is 13.2 Å². The van der Waals surface area contributed by atoms with Gasteiger partial charge in [0.2, 0.25) is 0 Å². The van der Waals surface area contributed by atoms with Crippen molar-refractivity contribution < 1.29 is 32.2 Å². The van der Waals surface area contributed by atoms with Gasteiger partial charge in [-0.1, -0.05) is 6.08 Å². The van der Waals surface area contributed by atoms with Crippen LogP contribution in [0.15, 0.2) is 25.0 Å². The zero-order valence-corrected chi connectivity index (χ0v) is 11.7. The topological polar surface area (TPSA) is 44.8 Å². The van der Waals surface area contributed by atoms with E-state index < -0.39 is 24.0 Å². The molecule has 0 radical (unpaired) electrons. The lowest BCUT2D eigenvalue weighted by Crippen LogP contribution is -2.26. The highest BCUT2D eigenvalue weighted by molar-refractivity contribution is 5.71. The van der Waals surface area contributed by atoms with Gasteiger partial charge in [-0.15, -0.1) is 19.8 Å². The summed E-state index contributed by atoms with van der Waals surface area (Å²) in [5.41, 5.74) is -0.612. The van der Waals surface area contributed by atoms with Crippen LogP contribution in [0.3, 0.4) is 0 Å². The molecule has 1 atom stereocenters. The number of carbonyl (C=O) groups is 1. The molecule has 0 N–H and O–H groups in total. The largest absolute Gasteiger partial charge is 0.523 e. The zero-order chi connectivity index (χ0) is 15.8. The van der Waals surface area contributed by atoms with Crippen LogP contribution in [0.2, 0.25) is 0 Å². The Morgan fingerprint density at radius 3 is 2.35 bits per heavy atom. The van der Waals surface area contributed by atoms with Gasteiger partial charge in [0.1, 0.15) is 5.60 Å². The molecular formula is C13H19F3O4. The second-order valence-electron chi connectivity index (χ2n) is 4.84. The summed E-state index contributed by atoms with van der Waals surface area (Å²) >= 11 is 0. The van der Waals surface area contributed by atoms with E-state index in [1.165, 1.54) is 6.08 Å². The van der Waals surface area contributed by atoms with E-state index >= 15 is 0 Å². The number of alkyl halides is 3. The van der Waals surface area contributed by atoms with Crippen LogP contribution in [-0.2, 0) is 19.0 Å². The molecule has 1 unspecified atom stereocenters. The minimum Gasteiger partial charge on any atom is -0.490 e. The fourth-order valence-electron chi connectivity index (χ4n) is 1.11. The quantitative estimate of drug-likeness (QED) is 0.410. The molecule has 0 rings (SSSR count). The van der Waals surface area contributed by atoms with Crippen molar-refractivity contribution in [2.24, 2.45) is 0 Å². The van der Waals surface area contributed by atoms with E-state index in [2.05, 4.69) is 11.3 Å². The molecule has 4 nitrogen and oxygen atoms in total. The number of esters is 1. The Morgan fingerprint density at radius 2 is 1.90 bits per heavy atom. The van der Waals surface area contributed by atoms with Crippen molar-refractivity contribution in [1.29, 1.82) is 0 Å². The standard InChI is InChI=1S/C13H19F3O4/c1-5-10(19-13(14,15)16)7-6-8-18-9-11(17)20-12(2,3)4/h5-6,8,10H,1,7,9H2,2-4H3/b8-6+. The van der Waals surface area contributed by atoms with Crippen LogP contribution >= 0.6 is 0 Å². The Bertz CT molecular complexity index is 343. The highest BCUT2D eigenvalue weighted by atomic mass is 19.4. The first-order chi connectivity index (χ1) is 9.03. The van der Waals surface area contributed by atoms with E-state index in [-0.39, 0.29) is 13.0 Å². The van der Waals surface area contributed by atoms with Crippen LogP contribution in [0.25, 0.3) is 0 Å². The van der Waals surface area contributed by atoms with Gasteiger partial charge in [0.15, 0.2) is 6.61 Å². The molecule has 0 aromatic heterocycles. The molecule has 0 bridgehead atoms. The first-order valence-corrected chi connectivity index (χ1v) is 5.89. The van der Waals surface area contributed by atoms with Crippen molar-refractivity contribution in [3.8, 4) is 0 Å². The molecule has 0 spiro atoms. The molecule has 0 aliphatic rings. The van der Waals surface area contributed by atoms with Crippen LogP contribution in [0.5, 0.6) is 0 Å². The predicted molar refractivity (Wildman–Crippen MR) is 66.7 cm³/mol. The molecule has 0 aliphatic carbocycles. The van der Waals surface area contributed by atoms with Crippen LogP contribution < -0.4 is 0 Å². The Balaban J connectivity index is 3.96. The van der Waals surface area contributed by atoms with Crippen molar-refractivity contribution in [3.05, 3.63) is 25.0 Å². The lowest BCUT2D eigenvalue weighted by molar-refractivity contribution is -0.335. The van der Waals surface area contributed by atoms with Crippen molar-refractivity contribution in [2.45, 2.75) is 45.3 Å². The van der Waals surface area contributed by atoms with Gasteiger partial charge in [-0.3, -0.25) is 4.74 Å². The summed E-state index contributed by atoms with van der Waals surface area (Å²) in [6, 6.07) is 0. The number of rotatable bonds is 7. The number of carbonyl (C=O) groups excluding carboxylic acids is 1. The Kier molecular flexibility index (Phi) is 7.34. The molecule has 20 heavy (non-hydrogen) atoms.